The van der Waals surface area contributed by atoms with Crippen molar-refractivity contribution in [1.29, 1.82) is 0 Å². The van der Waals surface area contributed by atoms with Crippen molar-refractivity contribution in [3.8, 4) is 11.1 Å². The lowest BCUT2D eigenvalue weighted by Crippen LogP contribution is -2.46. The van der Waals surface area contributed by atoms with Crippen LogP contribution in [0.3, 0.4) is 0 Å². The van der Waals surface area contributed by atoms with E-state index in [4.69, 9.17) is 0 Å². The van der Waals surface area contributed by atoms with E-state index in [1.807, 2.05) is 0 Å². The Kier molecular flexibility index (Phi) is 5.32. The van der Waals surface area contributed by atoms with Gasteiger partial charge in [-0.15, -0.1) is 0 Å². The summed E-state index contributed by atoms with van der Waals surface area (Å²) in [5.74, 6) is -6.47. The van der Waals surface area contributed by atoms with Gasteiger partial charge in [-0.3, -0.25) is 4.79 Å². The van der Waals surface area contributed by atoms with Crippen LogP contribution in [-0.2, 0) is 11.2 Å². The highest BCUT2D eigenvalue weighted by atomic mass is 19.3. The molecule has 30 heavy (non-hydrogen) atoms. The van der Waals surface area contributed by atoms with Gasteiger partial charge in [-0.05, 0) is 42.5 Å². The minimum atomic E-state index is -3.10. The summed E-state index contributed by atoms with van der Waals surface area (Å²) < 4.78 is 70.8. The number of carbonyl (C=O) groups excluding carboxylic acids is 1. The van der Waals surface area contributed by atoms with E-state index in [9.17, 15) is 22.4 Å². The molecule has 160 valence electrons. The van der Waals surface area contributed by atoms with Crippen LogP contribution in [0, 0.1) is 23.5 Å². The smallest absolute Gasteiger partial charge is 0.269 e. The van der Waals surface area contributed by atoms with Crippen molar-refractivity contribution in [2.75, 3.05) is 6.54 Å². The number of nitrogens with zero attached hydrogens (tertiary/aromatic N) is 1. The van der Waals surface area contributed by atoms with Crippen LogP contribution in [0.25, 0.3) is 11.1 Å². The normalized spacial score (nSPS) is 27.7. The summed E-state index contributed by atoms with van der Waals surface area (Å²) >= 11 is 0. The van der Waals surface area contributed by atoms with Crippen LogP contribution < -0.4 is 0 Å². The molecule has 1 heterocycles. The van der Waals surface area contributed by atoms with E-state index >= 15 is 4.39 Å². The Hall–Kier alpha value is -2.44. The van der Waals surface area contributed by atoms with E-state index in [0.717, 1.165) is 4.90 Å². The average molecular weight is 423 g/mol. The Balaban J connectivity index is 1.63. The second kappa shape index (κ2) is 7.67. The van der Waals surface area contributed by atoms with Gasteiger partial charge in [0.25, 0.3) is 5.92 Å². The zero-order valence-corrected chi connectivity index (χ0v) is 16.4. The Morgan fingerprint density at radius 3 is 2.50 bits per heavy atom. The van der Waals surface area contributed by atoms with E-state index in [1.54, 1.807) is 12.1 Å². The molecule has 0 aromatic heterocycles. The molecule has 2 aromatic rings. The van der Waals surface area contributed by atoms with Crippen molar-refractivity contribution < 1.29 is 26.7 Å². The van der Waals surface area contributed by atoms with Gasteiger partial charge in [-0.2, -0.15) is 0 Å². The molecule has 0 N–H and O–H groups in total. The molecule has 4 rings (SSSR count). The second-order valence-corrected chi connectivity index (χ2v) is 8.34. The molecule has 2 nitrogen and oxygen atoms in total. The zero-order chi connectivity index (χ0) is 21.6. The summed E-state index contributed by atoms with van der Waals surface area (Å²) in [6, 6.07) is 9.16. The number of amides is 1. The van der Waals surface area contributed by atoms with Crippen LogP contribution in [0.4, 0.5) is 22.0 Å². The van der Waals surface area contributed by atoms with Gasteiger partial charge < -0.3 is 4.90 Å². The predicted octanol–water partition coefficient (Wildman–Crippen LogP) is 5.40. The summed E-state index contributed by atoms with van der Waals surface area (Å²) in [5.41, 5.74) is 0.693. The Morgan fingerprint density at radius 1 is 1.13 bits per heavy atom. The molecule has 1 aliphatic carbocycles. The van der Waals surface area contributed by atoms with E-state index in [2.05, 4.69) is 0 Å². The molecule has 0 bridgehead atoms. The number of hydrogen-bond acceptors (Lipinski definition) is 1. The Bertz CT molecular complexity index is 956. The van der Waals surface area contributed by atoms with Gasteiger partial charge >= 0.3 is 0 Å². The molecule has 2 atom stereocenters. The number of likely N-dealkylation sites (tertiary alicyclic amines) is 1. The van der Waals surface area contributed by atoms with Gasteiger partial charge in [-0.1, -0.05) is 37.3 Å². The Labute approximate surface area is 171 Å². The highest BCUT2D eigenvalue weighted by molar-refractivity contribution is 5.80. The molecule has 0 spiro atoms. The summed E-state index contributed by atoms with van der Waals surface area (Å²) in [6.45, 7) is 0.612. The second-order valence-electron chi connectivity index (χ2n) is 8.34. The minimum absolute atomic E-state index is 0.0470. The quantitative estimate of drug-likeness (QED) is 0.603. The summed E-state index contributed by atoms with van der Waals surface area (Å²) in [5, 5.41) is 0. The fraction of sp³-hybridized carbons (Fsp3) is 0.435. The molecule has 2 aliphatic rings. The fourth-order valence-corrected chi connectivity index (χ4v) is 4.39. The molecule has 1 saturated heterocycles. The van der Waals surface area contributed by atoms with Crippen molar-refractivity contribution in [1.82, 2.24) is 4.90 Å². The third-order valence-electron chi connectivity index (χ3n) is 6.38. The van der Waals surface area contributed by atoms with Crippen molar-refractivity contribution in [3.63, 3.8) is 0 Å². The standard InChI is InChI=1S/C23H22F5NO/c1-13-20(29(12-23(13,27)28)22(30)16-9-18(25)10-16)11-15-5-3-7-19(21(15)26)14-4-2-6-17(24)8-14/h2-8,13,16,18,20H,9-12H2,1H3/t13-,16-,18-,20+/m1/s1. The van der Waals surface area contributed by atoms with Gasteiger partial charge in [0.2, 0.25) is 5.91 Å². The van der Waals surface area contributed by atoms with Crippen molar-refractivity contribution in [2.45, 2.75) is 44.3 Å². The van der Waals surface area contributed by atoms with E-state index in [0.29, 0.717) is 5.56 Å². The number of rotatable bonds is 4. The van der Waals surface area contributed by atoms with E-state index in [1.165, 1.54) is 37.3 Å². The third-order valence-corrected chi connectivity index (χ3v) is 6.38. The highest BCUT2D eigenvalue weighted by Gasteiger charge is 2.55. The largest absolute Gasteiger partial charge is 0.333 e. The maximum absolute atomic E-state index is 15.2. The molecular weight excluding hydrogens is 401 g/mol. The van der Waals surface area contributed by atoms with E-state index < -0.39 is 54.1 Å². The lowest BCUT2D eigenvalue weighted by Gasteiger charge is -2.35. The van der Waals surface area contributed by atoms with Crippen LogP contribution in [0.2, 0.25) is 0 Å². The van der Waals surface area contributed by atoms with E-state index in [-0.39, 0.29) is 30.4 Å². The maximum atomic E-state index is 15.2. The van der Waals surface area contributed by atoms with Crippen molar-refractivity contribution >= 4 is 5.91 Å². The van der Waals surface area contributed by atoms with Gasteiger partial charge in [0.15, 0.2) is 0 Å². The number of halogens is 5. The maximum Gasteiger partial charge on any atom is 0.269 e. The summed E-state index contributed by atoms with van der Waals surface area (Å²) in [7, 11) is 0. The average Bonchev–Trinajstić information content (AvgIpc) is 2.90. The first-order valence-electron chi connectivity index (χ1n) is 10.0. The molecule has 1 aliphatic heterocycles. The Morgan fingerprint density at radius 2 is 1.83 bits per heavy atom. The monoisotopic (exact) mass is 423 g/mol. The minimum Gasteiger partial charge on any atom is -0.333 e. The lowest BCUT2D eigenvalue weighted by molar-refractivity contribution is -0.142. The molecule has 1 saturated carbocycles. The highest BCUT2D eigenvalue weighted by Crippen LogP contribution is 2.42. The third kappa shape index (κ3) is 3.70. The first-order valence-corrected chi connectivity index (χ1v) is 10.0. The van der Waals surface area contributed by atoms with Gasteiger partial charge in [0.1, 0.15) is 17.8 Å². The number of benzene rings is 2. The molecule has 7 heteroatoms. The van der Waals surface area contributed by atoms with Crippen molar-refractivity contribution in [2.24, 2.45) is 11.8 Å². The summed E-state index contributed by atoms with van der Waals surface area (Å²) in [4.78, 5) is 13.8. The molecule has 0 radical (unpaired) electrons. The van der Waals surface area contributed by atoms with Crippen LogP contribution in [0.1, 0.15) is 25.3 Å². The first kappa shape index (κ1) is 20.8. The van der Waals surface area contributed by atoms with Gasteiger partial charge in [0.05, 0.1) is 6.54 Å². The molecule has 2 fully saturated rings. The van der Waals surface area contributed by atoms with Gasteiger partial charge in [-0.25, -0.2) is 22.0 Å². The lowest BCUT2D eigenvalue weighted by atomic mass is 9.82. The predicted molar refractivity (Wildman–Crippen MR) is 103 cm³/mol. The van der Waals surface area contributed by atoms with Crippen molar-refractivity contribution in [3.05, 3.63) is 59.7 Å². The first-order chi connectivity index (χ1) is 14.2. The molecule has 1 amide bonds. The van der Waals surface area contributed by atoms with Gasteiger partial charge in [0, 0.05) is 23.4 Å². The summed E-state index contributed by atoms with van der Waals surface area (Å²) in [6.07, 6.45) is -1.07. The zero-order valence-electron chi connectivity index (χ0n) is 16.4. The SMILES string of the molecule is C[C@@H]1[C@H](Cc2cccc(-c3cccc(F)c3)c2F)N(C(=O)[C@H]2C[C@H](F)C2)CC1(F)F. The number of carbonyl (C=O) groups is 1. The molecule has 0 unspecified atom stereocenters. The van der Waals surface area contributed by atoms with Crippen LogP contribution in [0.5, 0.6) is 0 Å². The number of hydrogen-bond donors (Lipinski definition) is 0. The molecular formula is C23H22F5NO. The van der Waals surface area contributed by atoms with Crippen LogP contribution in [-0.4, -0.2) is 35.5 Å². The fourth-order valence-electron chi connectivity index (χ4n) is 4.39. The van der Waals surface area contributed by atoms with Crippen LogP contribution in [0.15, 0.2) is 42.5 Å². The van der Waals surface area contributed by atoms with Crippen LogP contribution >= 0.6 is 0 Å². The number of alkyl halides is 3. The molecule has 2 aromatic carbocycles. The topological polar surface area (TPSA) is 20.3 Å².